The Morgan fingerprint density at radius 3 is 3.07 bits per heavy atom. The van der Waals surface area contributed by atoms with Gasteiger partial charge in [0.2, 0.25) is 0 Å². The second-order valence-corrected chi connectivity index (χ2v) is 3.30. The van der Waals surface area contributed by atoms with E-state index >= 15 is 0 Å². The molecule has 0 aliphatic heterocycles. The van der Waals surface area contributed by atoms with Crippen LogP contribution in [0.25, 0.3) is 11.0 Å². The molecule has 0 aliphatic rings. The Morgan fingerprint density at radius 1 is 1.53 bits per heavy atom. The Labute approximate surface area is 86.7 Å². The molecule has 5 heteroatoms. The van der Waals surface area contributed by atoms with E-state index in [0.29, 0.717) is 5.65 Å². The number of aromatic nitrogens is 3. The van der Waals surface area contributed by atoms with Gasteiger partial charge in [-0.25, -0.2) is 9.67 Å². The minimum absolute atomic E-state index is 0.0933. The van der Waals surface area contributed by atoms with Crippen LogP contribution in [-0.2, 0) is 16.1 Å². The van der Waals surface area contributed by atoms with Gasteiger partial charge in [0.1, 0.15) is 6.54 Å². The summed E-state index contributed by atoms with van der Waals surface area (Å²) in [5, 5.41) is 5.01. The molecule has 0 radical (unpaired) electrons. The summed E-state index contributed by atoms with van der Waals surface area (Å²) < 4.78 is 6.10. The number of fused-ring (bicyclic) bond motifs is 1. The molecule has 0 N–H and O–H groups in total. The van der Waals surface area contributed by atoms with Gasteiger partial charge in [-0.3, -0.25) is 4.79 Å². The number of hydrogen-bond donors (Lipinski definition) is 0. The number of methoxy groups -OCH3 is 1. The molecule has 0 atom stereocenters. The largest absolute Gasteiger partial charge is 0.468 e. The van der Waals surface area contributed by atoms with Gasteiger partial charge in [-0.15, -0.1) is 0 Å². The third-order valence-corrected chi connectivity index (χ3v) is 2.12. The van der Waals surface area contributed by atoms with Gasteiger partial charge in [0.25, 0.3) is 0 Å². The topological polar surface area (TPSA) is 57.0 Å². The lowest BCUT2D eigenvalue weighted by atomic mass is 10.3. The van der Waals surface area contributed by atoms with Gasteiger partial charge >= 0.3 is 5.97 Å². The van der Waals surface area contributed by atoms with E-state index in [-0.39, 0.29) is 12.5 Å². The summed E-state index contributed by atoms with van der Waals surface area (Å²) in [6.45, 7) is 2.06. The second-order valence-electron chi connectivity index (χ2n) is 3.30. The van der Waals surface area contributed by atoms with E-state index in [4.69, 9.17) is 0 Å². The van der Waals surface area contributed by atoms with E-state index in [9.17, 15) is 4.79 Å². The number of nitrogens with zero attached hydrogens (tertiary/aromatic N) is 3. The Kier molecular flexibility index (Phi) is 2.37. The molecule has 0 saturated carbocycles. The van der Waals surface area contributed by atoms with Crippen LogP contribution in [-0.4, -0.2) is 27.8 Å². The predicted molar refractivity (Wildman–Crippen MR) is 54.3 cm³/mol. The molecule has 5 nitrogen and oxygen atoms in total. The number of esters is 1. The minimum Gasteiger partial charge on any atom is -0.468 e. The quantitative estimate of drug-likeness (QED) is 0.684. The van der Waals surface area contributed by atoms with Crippen LogP contribution < -0.4 is 0 Å². The van der Waals surface area contributed by atoms with Crippen molar-refractivity contribution in [2.45, 2.75) is 13.5 Å². The number of aryl methyl sites for hydroxylation is 1. The molecule has 2 aromatic rings. The molecule has 15 heavy (non-hydrogen) atoms. The zero-order valence-electron chi connectivity index (χ0n) is 8.60. The molecule has 78 valence electrons. The molecule has 0 unspecified atom stereocenters. The monoisotopic (exact) mass is 205 g/mol. The van der Waals surface area contributed by atoms with Crippen LogP contribution in [0.4, 0.5) is 0 Å². The van der Waals surface area contributed by atoms with E-state index in [1.165, 1.54) is 11.8 Å². The maximum atomic E-state index is 11.1. The fraction of sp³-hybridized carbons (Fsp3) is 0.300. The van der Waals surface area contributed by atoms with Crippen molar-refractivity contribution in [2.75, 3.05) is 7.11 Å². The van der Waals surface area contributed by atoms with Crippen LogP contribution in [0.1, 0.15) is 5.56 Å². The zero-order chi connectivity index (χ0) is 10.8. The maximum Gasteiger partial charge on any atom is 0.327 e. The van der Waals surface area contributed by atoms with Crippen molar-refractivity contribution in [3.05, 3.63) is 24.0 Å². The van der Waals surface area contributed by atoms with Crippen molar-refractivity contribution < 1.29 is 9.53 Å². The molecule has 0 aromatic carbocycles. The maximum absolute atomic E-state index is 11.1. The number of ether oxygens (including phenoxy) is 1. The van der Waals surface area contributed by atoms with Crippen molar-refractivity contribution >= 4 is 17.0 Å². The summed E-state index contributed by atoms with van der Waals surface area (Å²) in [6, 6.07) is 1.98. The number of carbonyl (C=O) groups excluding carboxylic acids is 1. The van der Waals surface area contributed by atoms with Crippen LogP contribution in [0, 0.1) is 6.92 Å². The van der Waals surface area contributed by atoms with E-state index in [2.05, 4.69) is 14.8 Å². The molecule has 0 bridgehead atoms. The first-order valence-corrected chi connectivity index (χ1v) is 4.55. The lowest BCUT2D eigenvalue weighted by molar-refractivity contribution is -0.141. The van der Waals surface area contributed by atoms with Crippen LogP contribution in [0.2, 0.25) is 0 Å². The predicted octanol–water partition coefficient (Wildman–Crippen LogP) is 0.913. The summed E-state index contributed by atoms with van der Waals surface area (Å²) >= 11 is 0. The summed E-state index contributed by atoms with van der Waals surface area (Å²) in [4.78, 5) is 15.3. The van der Waals surface area contributed by atoms with Crippen molar-refractivity contribution in [3.8, 4) is 0 Å². The standard InChI is InChI=1S/C10H11N3O2/c1-7-3-8-5-12-13(6-9(14)15-2)10(8)11-4-7/h3-5H,6H2,1-2H3. The highest BCUT2D eigenvalue weighted by molar-refractivity contribution is 5.77. The van der Waals surface area contributed by atoms with Gasteiger partial charge in [-0.1, -0.05) is 0 Å². The third-order valence-electron chi connectivity index (χ3n) is 2.12. The fourth-order valence-electron chi connectivity index (χ4n) is 1.38. The highest BCUT2D eigenvalue weighted by Gasteiger charge is 2.08. The van der Waals surface area contributed by atoms with Gasteiger partial charge < -0.3 is 4.74 Å². The second kappa shape index (κ2) is 3.68. The van der Waals surface area contributed by atoms with Crippen LogP contribution >= 0.6 is 0 Å². The highest BCUT2D eigenvalue weighted by atomic mass is 16.5. The SMILES string of the molecule is COC(=O)Cn1ncc2cc(C)cnc21. The minimum atomic E-state index is -0.331. The molecule has 2 aromatic heterocycles. The number of pyridine rings is 1. The smallest absolute Gasteiger partial charge is 0.327 e. The van der Waals surface area contributed by atoms with E-state index in [0.717, 1.165) is 10.9 Å². The van der Waals surface area contributed by atoms with E-state index < -0.39 is 0 Å². The summed E-state index contributed by atoms with van der Waals surface area (Å²) in [7, 11) is 1.35. The van der Waals surface area contributed by atoms with Gasteiger partial charge in [0.05, 0.1) is 13.3 Å². The lowest BCUT2D eigenvalue weighted by Gasteiger charge is -2.00. The zero-order valence-corrected chi connectivity index (χ0v) is 8.60. The molecule has 2 rings (SSSR count). The fourth-order valence-corrected chi connectivity index (χ4v) is 1.38. The van der Waals surface area contributed by atoms with Crippen molar-refractivity contribution in [1.29, 1.82) is 0 Å². The Hall–Kier alpha value is -1.91. The van der Waals surface area contributed by atoms with Crippen molar-refractivity contribution in [2.24, 2.45) is 0 Å². The van der Waals surface area contributed by atoms with Crippen LogP contribution in [0.15, 0.2) is 18.5 Å². The molecule has 0 spiro atoms. The van der Waals surface area contributed by atoms with Crippen molar-refractivity contribution in [1.82, 2.24) is 14.8 Å². The first kappa shape index (κ1) is 9.64. The molecule has 0 fully saturated rings. The Balaban J connectivity index is 2.41. The van der Waals surface area contributed by atoms with Gasteiger partial charge in [0.15, 0.2) is 5.65 Å². The first-order valence-electron chi connectivity index (χ1n) is 4.55. The first-order chi connectivity index (χ1) is 7.20. The molecule has 0 aliphatic carbocycles. The molecular weight excluding hydrogens is 194 g/mol. The number of carbonyl (C=O) groups is 1. The van der Waals surface area contributed by atoms with Gasteiger partial charge in [-0.2, -0.15) is 5.10 Å². The molecule has 0 saturated heterocycles. The third kappa shape index (κ3) is 1.81. The summed E-state index contributed by atoms with van der Waals surface area (Å²) in [5.74, 6) is -0.331. The molecular formula is C10H11N3O2. The average molecular weight is 205 g/mol. The number of hydrogen-bond acceptors (Lipinski definition) is 4. The van der Waals surface area contributed by atoms with Crippen LogP contribution in [0.3, 0.4) is 0 Å². The van der Waals surface area contributed by atoms with Crippen LogP contribution in [0.5, 0.6) is 0 Å². The lowest BCUT2D eigenvalue weighted by Crippen LogP contribution is -2.12. The average Bonchev–Trinajstić information content (AvgIpc) is 2.60. The van der Waals surface area contributed by atoms with E-state index in [1.54, 1.807) is 12.4 Å². The highest BCUT2D eigenvalue weighted by Crippen LogP contribution is 2.11. The summed E-state index contributed by atoms with van der Waals surface area (Å²) in [6.07, 6.45) is 3.44. The van der Waals surface area contributed by atoms with Gasteiger partial charge in [-0.05, 0) is 18.6 Å². The Bertz CT molecular complexity index is 504. The van der Waals surface area contributed by atoms with E-state index in [1.807, 2.05) is 13.0 Å². The molecule has 0 amide bonds. The summed E-state index contributed by atoms with van der Waals surface area (Å²) in [5.41, 5.74) is 1.77. The van der Waals surface area contributed by atoms with Gasteiger partial charge in [0, 0.05) is 11.6 Å². The normalized spacial score (nSPS) is 10.5. The molecule has 2 heterocycles. The number of rotatable bonds is 2. The Morgan fingerprint density at radius 2 is 2.33 bits per heavy atom. The van der Waals surface area contributed by atoms with Crippen molar-refractivity contribution in [3.63, 3.8) is 0 Å².